The predicted octanol–water partition coefficient (Wildman–Crippen LogP) is 1.19. The Balaban J connectivity index is 1.53. The van der Waals surface area contributed by atoms with E-state index in [1.165, 1.54) is 24.5 Å². The van der Waals surface area contributed by atoms with Crippen molar-refractivity contribution < 1.29 is 17.6 Å². The first-order valence-corrected chi connectivity index (χ1v) is 10.0. The summed E-state index contributed by atoms with van der Waals surface area (Å²) >= 11 is 0. The molecule has 1 fully saturated rings. The third-order valence-corrected chi connectivity index (χ3v) is 5.86. The topological polar surface area (TPSA) is 101 Å². The summed E-state index contributed by atoms with van der Waals surface area (Å²) in [4.78, 5) is 20.2. The molecular formula is C17H19FN4O3S. The molecule has 2 aromatic rings. The summed E-state index contributed by atoms with van der Waals surface area (Å²) in [5.41, 5.74) is 1.11. The lowest BCUT2D eigenvalue weighted by molar-refractivity contribution is 0.0949. The lowest BCUT2D eigenvalue weighted by atomic mass is 10.1. The van der Waals surface area contributed by atoms with Gasteiger partial charge in [-0.3, -0.25) is 4.79 Å². The number of carbonyl (C=O) groups is 1. The highest BCUT2D eigenvalue weighted by atomic mass is 32.2. The first-order chi connectivity index (χ1) is 12.4. The molecule has 1 amide bonds. The quantitative estimate of drug-likeness (QED) is 0.783. The molecule has 1 unspecified atom stereocenters. The van der Waals surface area contributed by atoms with Crippen LogP contribution in [0.4, 0.5) is 10.2 Å². The number of aromatic nitrogens is 2. The highest BCUT2D eigenvalue weighted by molar-refractivity contribution is 7.91. The monoisotopic (exact) mass is 378 g/mol. The zero-order valence-electron chi connectivity index (χ0n) is 14.0. The minimum absolute atomic E-state index is 0.0657. The van der Waals surface area contributed by atoms with Crippen LogP contribution in [0.3, 0.4) is 0 Å². The zero-order chi connectivity index (χ0) is 18.6. The number of amides is 1. The largest absolute Gasteiger partial charge is 0.366 e. The molecule has 1 atom stereocenters. The minimum atomic E-state index is -2.99. The second kappa shape index (κ2) is 7.77. The molecule has 0 radical (unpaired) electrons. The fourth-order valence-corrected chi connectivity index (χ4v) is 4.41. The molecule has 2 heterocycles. The molecule has 3 rings (SSSR count). The summed E-state index contributed by atoms with van der Waals surface area (Å²) in [6.07, 6.45) is 2.36. The van der Waals surface area contributed by atoms with Gasteiger partial charge in [-0.25, -0.2) is 22.8 Å². The van der Waals surface area contributed by atoms with E-state index in [-0.39, 0.29) is 35.0 Å². The van der Waals surface area contributed by atoms with E-state index in [1.54, 1.807) is 12.1 Å². The van der Waals surface area contributed by atoms with Gasteiger partial charge in [0.05, 0.1) is 11.5 Å². The fraction of sp³-hybridized carbons (Fsp3) is 0.353. The normalized spacial score (nSPS) is 18.4. The molecule has 0 aliphatic carbocycles. The summed E-state index contributed by atoms with van der Waals surface area (Å²) in [7, 11) is -2.99. The number of carbonyl (C=O) groups excluding carboxylic acids is 1. The number of nitrogens with one attached hydrogen (secondary N) is 2. The van der Waals surface area contributed by atoms with E-state index in [1.807, 2.05) is 0 Å². The van der Waals surface area contributed by atoms with Gasteiger partial charge in [-0.1, -0.05) is 12.1 Å². The molecule has 2 N–H and O–H groups in total. The molecule has 0 saturated carbocycles. The van der Waals surface area contributed by atoms with Crippen molar-refractivity contribution in [3.63, 3.8) is 0 Å². The highest BCUT2D eigenvalue weighted by Crippen LogP contribution is 2.16. The van der Waals surface area contributed by atoms with Crippen LogP contribution in [0, 0.1) is 5.82 Å². The van der Waals surface area contributed by atoms with Crippen molar-refractivity contribution in [3.8, 4) is 0 Å². The van der Waals surface area contributed by atoms with Crippen molar-refractivity contribution in [2.75, 3.05) is 23.4 Å². The summed E-state index contributed by atoms with van der Waals surface area (Å²) < 4.78 is 35.9. The Morgan fingerprint density at radius 3 is 2.69 bits per heavy atom. The highest BCUT2D eigenvalue weighted by Gasteiger charge is 2.28. The Morgan fingerprint density at radius 2 is 2.00 bits per heavy atom. The van der Waals surface area contributed by atoms with Gasteiger partial charge in [-0.2, -0.15) is 0 Å². The summed E-state index contributed by atoms with van der Waals surface area (Å²) in [5.74, 6) is -0.000809. The van der Waals surface area contributed by atoms with Gasteiger partial charge in [0.25, 0.3) is 5.91 Å². The van der Waals surface area contributed by atoms with Gasteiger partial charge < -0.3 is 10.6 Å². The lowest BCUT2D eigenvalue weighted by Gasteiger charge is -2.12. The average Bonchev–Trinajstić information content (AvgIpc) is 2.95. The van der Waals surface area contributed by atoms with Gasteiger partial charge in [-0.15, -0.1) is 0 Å². The van der Waals surface area contributed by atoms with Crippen molar-refractivity contribution in [2.24, 2.45) is 0 Å². The van der Waals surface area contributed by atoms with Crippen LogP contribution in [0.1, 0.15) is 22.5 Å². The van der Waals surface area contributed by atoms with E-state index in [0.29, 0.717) is 25.2 Å². The van der Waals surface area contributed by atoms with Crippen LogP contribution in [0.25, 0.3) is 0 Å². The molecule has 138 valence electrons. The Morgan fingerprint density at radius 1 is 1.23 bits per heavy atom. The molecule has 0 spiro atoms. The Kier molecular flexibility index (Phi) is 5.46. The van der Waals surface area contributed by atoms with Crippen LogP contribution in [0.15, 0.2) is 36.7 Å². The van der Waals surface area contributed by atoms with Crippen molar-refractivity contribution in [2.45, 2.75) is 18.9 Å². The van der Waals surface area contributed by atoms with Crippen LogP contribution >= 0.6 is 0 Å². The first-order valence-electron chi connectivity index (χ1n) is 8.23. The van der Waals surface area contributed by atoms with Crippen molar-refractivity contribution in [1.29, 1.82) is 0 Å². The second-order valence-electron chi connectivity index (χ2n) is 6.17. The third kappa shape index (κ3) is 4.98. The SMILES string of the molecule is O=C(NCCc1ccc(F)cc1)c1cc(NC2CCS(=O)(=O)C2)ncn1. The number of hydrogen-bond acceptors (Lipinski definition) is 6. The maximum Gasteiger partial charge on any atom is 0.270 e. The third-order valence-electron chi connectivity index (χ3n) is 4.10. The van der Waals surface area contributed by atoms with Crippen LogP contribution in [0.5, 0.6) is 0 Å². The Bertz CT molecular complexity index is 887. The molecule has 1 aromatic heterocycles. The molecule has 0 bridgehead atoms. The minimum Gasteiger partial charge on any atom is -0.366 e. The van der Waals surface area contributed by atoms with Crippen molar-refractivity contribution in [3.05, 3.63) is 53.7 Å². The zero-order valence-corrected chi connectivity index (χ0v) is 14.8. The van der Waals surface area contributed by atoms with Crippen LogP contribution in [0.2, 0.25) is 0 Å². The molecule has 9 heteroatoms. The van der Waals surface area contributed by atoms with Gasteiger partial charge in [0.2, 0.25) is 0 Å². The summed E-state index contributed by atoms with van der Waals surface area (Å²) in [6, 6.07) is 7.39. The molecule has 1 saturated heterocycles. The van der Waals surface area contributed by atoms with E-state index < -0.39 is 9.84 Å². The van der Waals surface area contributed by atoms with Crippen molar-refractivity contribution >= 4 is 21.6 Å². The number of hydrogen-bond donors (Lipinski definition) is 2. The van der Waals surface area contributed by atoms with Crippen LogP contribution < -0.4 is 10.6 Å². The molecule has 26 heavy (non-hydrogen) atoms. The molecule has 1 aliphatic rings. The summed E-state index contributed by atoms with van der Waals surface area (Å²) in [6.45, 7) is 0.387. The maximum atomic E-state index is 12.9. The molecule has 1 aromatic carbocycles. The second-order valence-corrected chi connectivity index (χ2v) is 8.39. The number of halogens is 1. The number of anilines is 1. The van der Waals surface area contributed by atoms with Crippen molar-refractivity contribution in [1.82, 2.24) is 15.3 Å². The number of rotatable bonds is 6. The predicted molar refractivity (Wildman–Crippen MR) is 95.2 cm³/mol. The van der Waals surface area contributed by atoms with Gasteiger partial charge in [0.15, 0.2) is 9.84 Å². The van der Waals surface area contributed by atoms with E-state index >= 15 is 0 Å². The lowest BCUT2D eigenvalue weighted by Crippen LogP contribution is -2.27. The fourth-order valence-electron chi connectivity index (χ4n) is 2.74. The maximum absolute atomic E-state index is 12.9. The Hall–Kier alpha value is -2.55. The summed E-state index contributed by atoms with van der Waals surface area (Å²) in [5, 5.41) is 5.78. The number of nitrogens with zero attached hydrogens (tertiary/aromatic N) is 2. The van der Waals surface area contributed by atoms with E-state index in [4.69, 9.17) is 0 Å². The number of sulfone groups is 1. The van der Waals surface area contributed by atoms with Gasteiger partial charge in [0.1, 0.15) is 23.7 Å². The van der Waals surface area contributed by atoms with Gasteiger partial charge in [0, 0.05) is 18.7 Å². The molecule has 1 aliphatic heterocycles. The van der Waals surface area contributed by atoms with Crippen LogP contribution in [-0.2, 0) is 16.3 Å². The van der Waals surface area contributed by atoms with E-state index in [0.717, 1.165) is 5.56 Å². The Labute approximate surface area is 151 Å². The smallest absolute Gasteiger partial charge is 0.270 e. The van der Waals surface area contributed by atoms with E-state index in [2.05, 4.69) is 20.6 Å². The number of benzene rings is 1. The average molecular weight is 378 g/mol. The first kappa shape index (κ1) is 18.2. The molecular weight excluding hydrogens is 359 g/mol. The van der Waals surface area contributed by atoms with Crippen LogP contribution in [-0.4, -0.2) is 48.4 Å². The molecule has 7 nitrogen and oxygen atoms in total. The van der Waals surface area contributed by atoms with Gasteiger partial charge >= 0.3 is 0 Å². The standard InChI is InChI=1S/C17H19FN4O3S/c18-13-3-1-12(2-4-13)5-7-19-17(23)15-9-16(21-11-20-15)22-14-6-8-26(24,25)10-14/h1-4,9,11,14H,5-8,10H2,(H,19,23)(H,20,21,22). The van der Waals surface area contributed by atoms with Gasteiger partial charge in [-0.05, 0) is 30.5 Å². The van der Waals surface area contributed by atoms with E-state index in [9.17, 15) is 17.6 Å².